The van der Waals surface area contributed by atoms with Crippen molar-refractivity contribution in [3.63, 3.8) is 0 Å². The predicted octanol–water partition coefficient (Wildman–Crippen LogP) is 16.6. The van der Waals surface area contributed by atoms with Gasteiger partial charge in [0.15, 0.2) is 0 Å². The number of nitrogens with one attached hydrogen (secondary N) is 1. The van der Waals surface area contributed by atoms with E-state index in [4.69, 9.17) is 13.0 Å². The summed E-state index contributed by atoms with van der Waals surface area (Å²) in [5, 5.41) is 5.42. The summed E-state index contributed by atoms with van der Waals surface area (Å²) in [6.45, 7) is 9.63. The molecule has 0 aliphatic heterocycles. The minimum absolute atomic E-state index is 0.137. The van der Waals surface area contributed by atoms with Crippen molar-refractivity contribution in [3.05, 3.63) is 280 Å². The first-order chi connectivity index (χ1) is 34.9. The summed E-state index contributed by atoms with van der Waals surface area (Å²) in [5.41, 5.74) is 20.2. The van der Waals surface area contributed by atoms with E-state index in [0.717, 1.165) is 42.5 Å². The van der Waals surface area contributed by atoms with E-state index in [9.17, 15) is 0 Å². The van der Waals surface area contributed by atoms with Gasteiger partial charge in [0.05, 0.1) is 22.8 Å². The topological polar surface area (TPSA) is 17.0 Å². The molecule has 1 heterocycles. The highest BCUT2D eigenvalue weighted by atomic mass is 15.1. The zero-order valence-corrected chi connectivity index (χ0v) is 40.8. The summed E-state index contributed by atoms with van der Waals surface area (Å²) in [6, 6.07) is 48.3. The lowest BCUT2D eigenvalue weighted by molar-refractivity contribution is 0.446. The van der Waals surface area contributed by atoms with Crippen molar-refractivity contribution in [2.24, 2.45) is 23.7 Å². The Bertz CT molecular complexity index is 3470. The van der Waals surface area contributed by atoms with E-state index in [1.165, 1.54) is 77.9 Å². The number of hydrogen-bond donors (Lipinski definition) is 1. The van der Waals surface area contributed by atoms with Crippen LogP contribution < -0.4 is 5.32 Å². The third-order valence-electron chi connectivity index (χ3n) is 16.4. The van der Waals surface area contributed by atoms with Crippen LogP contribution in [0.15, 0.2) is 241 Å². The molecular formula is C69H60N2. The molecule has 0 spiro atoms. The second-order valence-electron chi connectivity index (χ2n) is 20.3. The first kappa shape index (κ1) is 44.5. The molecule has 7 atom stereocenters. The quantitative estimate of drug-likeness (QED) is 0.136. The molecule has 5 aromatic carbocycles. The molecule has 5 unspecified atom stereocenters. The van der Waals surface area contributed by atoms with Gasteiger partial charge in [-0.25, -0.2) is 0 Å². The Hall–Kier alpha value is -7.70. The van der Waals surface area contributed by atoms with Gasteiger partial charge in [0.25, 0.3) is 0 Å². The van der Waals surface area contributed by atoms with Gasteiger partial charge in [-0.1, -0.05) is 226 Å². The van der Waals surface area contributed by atoms with E-state index in [0.29, 0.717) is 0 Å². The molecular weight excluding hydrogens is 857 g/mol. The molecule has 6 aliphatic carbocycles. The van der Waals surface area contributed by atoms with Crippen LogP contribution in [0.1, 0.15) is 90.6 Å². The lowest BCUT2D eigenvalue weighted by Crippen LogP contribution is -2.35. The Kier molecular flexibility index (Phi) is 11.6. The molecule has 0 saturated heterocycles. The maximum atomic E-state index is 6.43. The van der Waals surface area contributed by atoms with Crippen LogP contribution in [0.2, 0.25) is 0 Å². The van der Waals surface area contributed by atoms with Crippen molar-refractivity contribution in [2.45, 2.75) is 57.0 Å². The van der Waals surface area contributed by atoms with Gasteiger partial charge in [-0.2, -0.15) is 0 Å². The van der Waals surface area contributed by atoms with Crippen molar-refractivity contribution < 1.29 is 0 Å². The van der Waals surface area contributed by atoms with Crippen LogP contribution in [-0.2, 0) is 5.54 Å². The molecule has 6 aliphatic rings. The summed E-state index contributed by atoms with van der Waals surface area (Å²) >= 11 is 0. The van der Waals surface area contributed by atoms with Gasteiger partial charge in [0, 0.05) is 28.8 Å². The molecule has 71 heavy (non-hydrogen) atoms. The number of fused-ring (bicyclic) bond motifs is 6. The normalized spacial score (nSPS) is 25.0. The van der Waals surface area contributed by atoms with E-state index in [1.54, 1.807) is 0 Å². The van der Waals surface area contributed by atoms with Crippen LogP contribution in [0.4, 0.5) is 0 Å². The maximum Gasteiger partial charge on any atom is 0.0950 e. The molecule has 1 aromatic heterocycles. The van der Waals surface area contributed by atoms with Crippen molar-refractivity contribution in [2.75, 3.05) is 0 Å². The fourth-order valence-electron chi connectivity index (χ4n) is 13.0. The van der Waals surface area contributed by atoms with Crippen LogP contribution in [0, 0.1) is 36.0 Å². The highest BCUT2D eigenvalue weighted by Crippen LogP contribution is 2.64. The van der Waals surface area contributed by atoms with E-state index in [2.05, 4.69) is 248 Å². The number of benzene rings is 5. The van der Waals surface area contributed by atoms with E-state index >= 15 is 0 Å². The second kappa shape index (κ2) is 18.6. The Morgan fingerprint density at radius 3 is 2.41 bits per heavy atom. The number of terminal acetylenes is 1. The van der Waals surface area contributed by atoms with Crippen LogP contribution in [0.25, 0.3) is 39.4 Å². The number of hydrogen-bond acceptors (Lipinski definition) is 1. The summed E-state index contributed by atoms with van der Waals surface area (Å²) < 4.78 is 2.56. The number of para-hydroxylation sites is 1. The third-order valence-corrected chi connectivity index (χ3v) is 16.4. The van der Waals surface area contributed by atoms with Gasteiger partial charge >= 0.3 is 0 Å². The highest BCUT2D eigenvalue weighted by Gasteiger charge is 2.64. The zero-order valence-electron chi connectivity index (χ0n) is 40.8. The molecule has 12 rings (SSSR count). The van der Waals surface area contributed by atoms with Gasteiger partial charge in [-0.05, 0) is 129 Å². The molecule has 0 radical (unpaired) electrons. The molecule has 0 amide bonds. The van der Waals surface area contributed by atoms with E-state index in [1.807, 2.05) is 0 Å². The van der Waals surface area contributed by atoms with E-state index in [-0.39, 0.29) is 35.6 Å². The van der Waals surface area contributed by atoms with Gasteiger partial charge in [0.2, 0.25) is 0 Å². The van der Waals surface area contributed by atoms with Crippen molar-refractivity contribution in [3.8, 4) is 18.0 Å². The fourth-order valence-corrected chi connectivity index (χ4v) is 13.0. The zero-order chi connectivity index (χ0) is 48.1. The fraction of sp³-hybridized carbons (Fsp3) is 0.188. The summed E-state index contributed by atoms with van der Waals surface area (Å²) in [4.78, 5) is 0. The smallest absolute Gasteiger partial charge is 0.0950 e. The van der Waals surface area contributed by atoms with Crippen LogP contribution in [0.3, 0.4) is 0 Å². The molecule has 1 fully saturated rings. The Balaban J connectivity index is 0.985. The standard InChI is InChI=1S/C69H60N2/c1-5-63(52-31-17-10-18-32-52)70-69(48(4)68(69)46(2)50-27-13-8-14-28-50)56-34-24-35-57(44-56)71-64-40-22-21-38-61(64)67-47(3)66(62(45-65(67)71)51-29-15-9-16-30-51)53-33-23-39-59-55(42-53)43-54(58-36-19-20-37-60(58)59)41-49-25-11-6-7-12-26-49/h1,6,8-22,24-29,31-42,44-45,47-48,51,63,66,68,70H,2,7,23,30,43H2,3-4H3/t47?,48?,51-,63+,66?,68?,69?/m0/s1. The molecule has 2 nitrogen and oxygen atoms in total. The SMILES string of the molecule is C#C[C@@H](NC1(c2cccc(-n3c4c(c5ccccc53)C(C)C(C3=CCC=C5C(=C3)CC(=CC3=CC=CCC=C3)c3ccccc35)C([C@H]3C=CC=CC3)=C4)c2)C(C)C1C(=C)c1ccccc1)c1ccccc1. The Labute approximate surface area is 420 Å². The second-order valence-corrected chi connectivity index (χ2v) is 20.3. The van der Waals surface area contributed by atoms with E-state index < -0.39 is 5.54 Å². The van der Waals surface area contributed by atoms with Crippen LogP contribution >= 0.6 is 0 Å². The lowest BCUT2D eigenvalue weighted by atomic mass is 9.68. The lowest BCUT2D eigenvalue weighted by Gasteiger charge is -2.36. The van der Waals surface area contributed by atoms with Crippen LogP contribution in [0.5, 0.6) is 0 Å². The Morgan fingerprint density at radius 2 is 1.59 bits per heavy atom. The molecule has 0 bridgehead atoms. The van der Waals surface area contributed by atoms with Gasteiger partial charge in [-0.15, -0.1) is 6.42 Å². The minimum atomic E-state index is -0.446. The van der Waals surface area contributed by atoms with Gasteiger partial charge < -0.3 is 4.57 Å². The largest absolute Gasteiger partial charge is 0.310 e. The monoisotopic (exact) mass is 916 g/mol. The first-order valence-corrected chi connectivity index (χ1v) is 25.7. The van der Waals surface area contributed by atoms with Crippen LogP contribution in [-0.4, -0.2) is 4.57 Å². The Morgan fingerprint density at radius 1 is 0.803 bits per heavy atom. The predicted molar refractivity (Wildman–Crippen MR) is 299 cm³/mol. The minimum Gasteiger partial charge on any atom is -0.310 e. The first-order valence-electron chi connectivity index (χ1n) is 25.7. The van der Waals surface area contributed by atoms with Crippen molar-refractivity contribution in [1.29, 1.82) is 0 Å². The van der Waals surface area contributed by atoms with Gasteiger partial charge in [0.1, 0.15) is 0 Å². The highest BCUT2D eigenvalue weighted by molar-refractivity contribution is 5.96. The molecule has 6 aromatic rings. The summed E-state index contributed by atoms with van der Waals surface area (Å²) in [6.07, 6.45) is 43.2. The average molecular weight is 917 g/mol. The number of allylic oxidation sites excluding steroid dienone is 19. The third kappa shape index (κ3) is 7.81. The molecule has 2 heteroatoms. The number of nitrogens with zero attached hydrogens (tertiary/aromatic N) is 1. The molecule has 346 valence electrons. The maximum absolute atomic E-state index is 6.43. The summed E-state index contributed by atoms with van der Waals surface area (Å²) in [7, 11) is 0. The number of rotatable bonds is 10. The van der Waals surface area contributed by atoms with Gasteiger partial charge in [-0.3, -0.25) is 5.32 Å². The molecule has 1 N–H and O–H groups in total. The molecule has 1 saturated carbocycles. The van der Waals surface area contributed by atoms with Crippen molar-refractivity contribution >= 4 is 33.7 Å². The summed E-state index contributed by atoms with van der Waals surface area (Å²) in [5.74, 6) is 4.20. The average Bonchev–Trinajstić information content (AvgIpc) is 4.05. The van der Waals surface area contributed by atoms with Crippen molar-refractivity contribution in [1.82, 2.24) is 9.88 Å². The number of aromatic nitrogens is 1.